The summed E-state index contributed by atoms with van der Waals surface area (Å²) >= 11 is 0. The molecule has 0 radical (unpaired) electrons. The zero-order valence-corrected chi connectivity index (χ0v) is 12.7. The summed E-state index contributed by atoms with van der Waals surface area (Å²) < 4.78 is 5.77. The number of nitrogens with one attached hydrogen (secondary N) is 1. The average Bonchev–Trinajstić information content (AvgIpc) is 2.53. The van der Waals surface area contributed by atoms with Crippen molar-refractivity contribution >= 4 is 0 Å². The fraction of sp³-hybridized carbons (Fsp3) is 0.389. The molecule has 0 saturated carbocycles. The number of fused-ring (bicyclic) bond motifs is 1. The Morgan fingerprint density at radius 1 is 1.29 bits per heavy atom. The first-order valence-electron chi connectivity index (χ1n) is 7.60. The smallest absolute Gasteiger partial charge is 0.122 e. The van der Waals surface area contributed by atoms with E-state index in [1.54, 1.807) is 0 Å². The number of hydrogen-bond acceptors (Lipinski definition) is 3. The highest BCUT2D eigenvalue weighted by molar-refractivity contribution is 5.38. The van der Waals surface area contributed by atoms with Gasteiger partial charge in [0.2, 0.25) is 0 Å². The third kappa shape index (κ3) is 2.93. The van der Waals surface area contributed by atoms with Gasteiger partial charge in [-0.2, -0.15) is 0 Å². The molecule has 0 spiro atoms. The van der Waals surface area contributed by atoms with Gasteiger partial charge in [0.05, 0.1) is 6.61 Å². The lowest BCUT2D eigenvalue weighted by Crippen LogP contribution is -2.23. The van der Waals surface area contributed by atoms with E-state index in [1.807, 2.05) is 25.4 Å². The Morgan fingerprint density at radius 2 is 2.14 bits per heavy atom. The van der Waals surface area contributed by atoms with Crippen LogP contribution < -0.4 is 10.1 Å². The van der Waals surface area contributed by atoms with Crippen LogP contribution in [0.3, 0.4) is 0 Å². The van der Waals surface area contributed by atoms with E-state index in [2.05, 4.69) is 41.5 Å². The Labute approximate surface area is 126 Å². The number of nitrogens with zero attached hydrogens (tertiary/aromatic N) is 1. The molecule has 0 saturated heterocycles. The fourth-order valence-electron chi connectivity index (χ4n) is 3.21. The lowest BCUT2D eigenvalue weighted by atomic mass is 9.85. The van der Waals surface area contributed by atoms with Crippen LogP contribution in [-0.2, 0) is 0 Å². The lowest BCUT2D eigenvalue weighted by Gasteiger charge is -2.29. The normalized spacial score (nSPS) is 18.7. The van der Waals surface area contributed by atoms with Crippen molar-refractivity contribution in [3.8, 4) is 5.75 Å². The minimum absolute atomic E-state index is 0.329. The summed E-state index contributed by atoms with van der Waals surface area (Å²) in [6.07, 6.45) is 4.01. The molecule has 2 aromatic rings. The van der Waals surface area contributed by atoms with E-state index >= 15 is 0 Å². The van der Waals surface area contributed by atoms with Gasteiger partial charge in [-0.25, -0.2) is 0 Å². The molecule has 110 valence electrons. The highest BCUT2D eigenvalue weighted by atomic mass is 16.5. The van der Waals surface area contributed by atoms with E-state index in [-0.39, 0.29) is 0 Å². The summed E-state index contributed by atoms with van der Waals surface area (Å²) in [5, 5.41) is 3.46. The molecular formula is C18H22N2O. The van der Waals surface area contributed by atoms with Gasteiger partial charge in [-0.15, -0.1) is 0 Å². The van der Waals surface area contributed by atoms with Crippen molar-refractivity contribution in [2.45, 2.75) is 31.7 Å². The van der Waals surface area contributed by atoms with Crippen molar-refractivity contribution in [3.63, 3.8) is 0 Å². The maximum absolute atomic E-state index is 5.77. The first-order chi connectivity index (χ1) is 10.3. The molecule has 0 fully saturated rings. The number of para-hydroxylation sites is 1. The second-order valence-corrected chi connectivity index (χ2v) is 5.63. The molecule has 3 heteroatoms. The molecule has 21 heavy (non-hydrogen) atoms. The summed E-state index contributed by atoms with van der Waals surface area (Å²) in [6.45, 7) is 2.89. The van der Waals surface area contributed by atoms with Gasteiger partial charge >= 0.3 is 0 Å². The Kier molecular flexibility index (Phi) is 4.20. The number of ether oxygens (including phenoxy) is 1. The molecule has 2 unspecified atom stereocenters. The van der Waals surface area contributed by atoms with Crippen LogP contribution >= 0.6 is 0 Å². The first kappa shape index (κ1) is 14.1. The van der Waals surface area contributed by atoms with Gasteiger partial charge in [-0.3, -0.25) is 4.98 Å². The van der Waals surface area contributed by atoms with Gasteiger partial charge in [0.1, 0.15) is 5.75 Å². The van der Waals surface area contributed by atoms with Crippen LogP contribution in [0.5, 0.6) is 5.75 Å². The molecule has 0 amide bonds. The number of benzene rings is 1. The maximum atomic E-state index is 5.77. The predicted octanol–water partition coefficient (Wildman–Crippen LogP) is 3.61. The van der Waals surface area contributed by atoms with Gasteiger partial charge in [0.15, 0.2) is 0 Å². The van der Waals surface area contributed by atoms with Crippen LogP contribution in [-0.4, -0.2) is 18.6 Å². The van der Waals surface area contributed by atoms with Crippen LogP contribution in [0.2, 0.25) is 0 Å². The summed E-state index contributed by atoms with van der Waals surface area (Å²) in [5.41, 5.74) is 3.74. The Morgan fingerprint density at radius 3 is 2.95 bits per heavy atom. The number of aromatic nitrogens is 1. The van der Waals surface area contributed by atoms with Gasteiger partial charge in [-0.1, -0.05) is 24.3 Å². The third-order valence-electron chi connectivity index (χ3n) is 4.37. The van der Waals surface area contributed by atoms with Crippen molar-refractivity contribution < 1.29 is 4.74 Å². The van der Waals surface area contributed by atoms with E-state index in [4.69, 9.17) is 4.74 Å². The Balaban J connectivity index is 1.84. The van der Waals surface area contributed by atoms with Crippen LogP contribution in [0.25, 0.3) is 0 Å². The van der Waals surface area contributed by atoms with Crippen LogP contribution in [0.15, 0.2) is 42.6 Å². The van der Waals surface area contributed by atoms with Crippen molar-refractivity contribution in [1.29, 1.82) is 0 Å². The van der Waals surface area contributed by atoms with Crippen LogP contribution in [0.1, 0.15) is 41.6 Å². The van der Waals surface area contributed by atoms with Crippen LogP contribution in [0, 0.1) is 6.92 Å². The molecule has 1 aromatic heterocycles. The monoisotopic (exact) mass is 282 g/mol. The van der Waals surface area contributed by atoms with Gasteiger partial charge in [-0.05, 0) is 56.0 Å². The quantitative estimate of drug-likeness (QED) is 0.930. The molecule has 3 nitrogen and oxygen atoms in total. The Bertz CT molecular complexity index is 612. The molecule has 0 aliphatic carbocycles. The predicted molar refractivity (Wildman–Crippen MR) is 84.7 cm³/mol. The molecule has 2 atom stereocenters. The number of pyridine rings is 1. The van der Waals surface area contributed by atoms with E-state index in [0.29, 0.717) is 12.0 Å². The summed E-state index contributed by atoms with van der Waals surface area (Å²) in [4.78, 5) is 4.42. The zero-order chi connectivity index (χ0) is 14.7. The van der Waals surface area contributed by atoms with Crippen molar-refractivity contribution in [2.75, 3.05) is 13.7 Å². The molecule has 1 aromatic carbocycles. The zero-order valence-electron chi connectivity index (χ0n) is 12.7. The maximum Gasteiger partial charge on any atom is 0.122 e. The van der Waals surface area contributed by atoms with E-state index in [0.717, 1.165) is 30.9 Å². The van der Waals surface area contributed by atoms with Gasteiger partial charge in [0, 0.05) is 17.9 Å². The minimum atomic E-state index is 0.329. The molecule has 1 aliphatic heterocycles. The van der Waals surface area contributed by atoms with E-state index in [9.17, 15) is 0 Å². The SMILES string of the molecule is CNC(CC1CCOc2ccccc21)c1cccnc1C. The summed E-state index contributed by atoms with van der Waals surface area (Å²) in [7, 11) is 2.03. The Hall–Kier alpha value is -1.87. The second kappa shape index (κ2) is 6.27. The van der Waals surface area contributed by atoms with Crippen molar-refractivity contribution in [1.82, 2.24) is 10.3 Å². The lowest BCUT2D eigenvalue weighted by molar-refractivity contribution is 0.256. The summed E-state index contributed by atoms with van der Waals surface area (Å²) in [6, 6.07) is 12.9. The van der Waals surface area contributed by atoms with Crippen LogP contribution in [0.4, 0.5) is 0 Å². The second-order valence-electron chi connectivity index (χ2n) is 5.63. The molecule has 3 rings (SSSR count). The molecule has 1 aliphatic rings. The highest BCUT2D eigenvalue weighted by Gasteiger charge is 2.25. The average molecular weight is 282 g/mol. The van der Waals surface area contributed by atoms with Gasteiger partial charge in [0.25, 0.3) is 0 Å². The van der Waals surface area contributed by atoms with Crippen molar-refractivity contribution in [2.24, 2.45) is 0 Å². The summed E-state index contributed by atoms with van der Waals surface area (Å²) in [5.74, 6) is 1.58. The third-order valence-corrected chi connectivity index (χ3v) is 4.37. The van der Waals surface area contributed by atoms with E-state index in [1.165, 1.54) is 11.1 Å². The molecule has 1 N–H and O–H groups in total. The molecule has 0 bridgehead atoms. The standard InChI is InChI=1S/C18H22N2O/c1-13-15(7-5-10-20-13)17(19-2)12-14-9-11-21-18-8-4-3-6-16(14)18/h3-8,10,14,17,19H,9,11-12H2,1-2H3. The number of rotatable bonds is 4. The molecular weight excluding hydrogens is 260 g/mol. The van der Waals surface area contributed by atoms with Crippen molar-refractivity contribution in [3.05, 3.63) is 59.4 Å². The largest absolute Gasteiger partial charge is 0.493 e. The van der Waals surface area contributed by atoms with Gasteiger partial charge < -0.3 is 10.1 Å². The number of aryl methyl sites for hydroxylation is 1. The first-order valence-corrected chi connectivity index (χ1v) is 7.60. The minimum Gasteiger partial charge on any atom is -0.493 e. The topological polar surface area (TPSA) is 34.1 Å². The van der Waals surface area contributed by atoms with E-state index < -0.39 is 0 Å². The highest BCUT2D eigenvalue weighted by Crippen LogP contribution is 2.38. The molecule has 2 heterocycles. The fourth-order valence-corrected chi connectivity index (χ4v) is 3.21. The number of hydrogen-bond donors (Lipinski definition) is 1.